The average Bonchev–Trinajstić information content (AvgIpc) is 2.48. The maximum absolute atomic E-state index is 5.83. The predicted molar refractivity (Wildman–Crippen MR) is 65.1 cm³/mol. The highest BCUT2D eigenvalue weighted by Gasteiger charge is 2.15. The van der Waals surface area contributed by atoms with Gasteiger partial charge in [0.05, 0.1) is 4.90 Å². The fourth-order valence-electron chi connectivity index (χ4n) is 1.69. The van der Waals surface area contributed by atoms with Crippen LogP contribution in [0, 0.1) is 6.92 Å². The topological polar surface area (TPSA) is 22.1 Å². The van der Waals surface area contributed by atoms with Crippen molar-refractivity contribution in [3.63, 3.8) is 0 Å². The Morgan fingerprint density at radius 1 is 1.31 bits per heavy atom. The molecule has 1 aromatic heterocycles. The highest BCUT2D eigenvalue weighted by molar-refractivity contribution is 7.98. The van der Waals surface area contributed by atoms with Gasteiger partial charge in [-0.2, -0.15) is 0 Å². The average molecular weight is 229 g/mol. The van der Waals surface area contributed by atoms with Gasteiger partial charge in [-0.25, -0.2) is 4.98 Å². The number of aryl methyl sites for hydroxylation is 1. The van der Waals surface area contributed by atoms with Gasteiger partial charge in [0.15, 0.2) is 0 Å². The summed E-state index contributed by atoms with van der Waals surface area (Å²) >= 11 is 1.78. The third-order valence-electron chi connectivity index (χ3n) is 2.52. The Labute approximate surface area is 98.7 Å². The second-order valence-corrected chi connectivity index (χ2v) is 4.83. The van der Waals surface area contributed by atoms with E-state index in [1.807, 2.05) is 31.3 Å². The van der Waals surface area contributed by atoms with Crippen molar-refractivity contribution in [3.05, 3.63) is 47.7 Å². The van der Waals surface area contributed by atoms with Crippen LogP contribution in [-0.4, -0.2) is 4.98 Å². The van der Waals surface area contributed by atoms with Gasteiger partial charge in [-0.3, -0.25) is 0 Å². The van der Waals surface area contributed by atoms with E-state index >= 15 is 0 Å². The number of pyridine rings is 1. The Balaban J connectivity index is 2.08. The van der Waals surface area contributed by atoms with Crippen LogP contribution in [-0.2, 0) is 5.75 Å². The third-order valence-corrected chi connectivity index (χ3v) is 3.58. The number of ether oxygens (including phenoxy) is 1. The maximum atomic E-state index is 5.83. The molecular formula is C13H11NOS. The summed E-state index contributed by atoms with van der Waals surface area (Å²) in [6, 6.07) is 10.2. The van der Waals surface area contributed by atoms with Crippen LogP contribution in [0.4, 0.5) is 0 Å². The number of hydrogen-bond acceptors (Lipinski definition) is 3. The highest BCUT2D eigenvalue weighted by atomic mass is 32.2. The molecule has 0 atom stereocenters. The van der Waals surface area contributed by atoms with Gasteiger partial charge >= 0.3 is 0 Å². The summed E-state index contributed by atoms with van der Waals surface area (Å²) in [5, 5.41) is 0. The third kappa shape index (κ3) is 1.67. The number of aromatic nitrogens is 1. The van der Waals surface area contributed by atoms with Gasteiger partial charge in [-0.15, -0.1) is 11.8 Å². The minimum absolute atomic E-state index is 0.723. The Bertz CT molecular complexity index is 539. The number of rotatable bonds is 0. The summed E-state index contributed by atoms with van der Waals surface area (Å²) in [6.45, 7) is 2.05. The summed E-state index contributed by atoms with van der Waals surface area (Å²) in [4.78, 5) is 5.46. The Morgan fingerprint density at radius 2 is 2.19 bits per heavy atom. The Hall–Kier alpha value is -1.48. The zero-order chi connectivity index (χ0) is 11.0. The van der Waals surface area contributed by atoms with Gasteiger partial charge in [0, 0.05) is 17.5 Å². The van der Waals surface area contributed by atoms with Crippen molar-refractivity contribution in [3.8, 4) is 11.6 Å². The van der Waals surface area contributed by atoms with Gasteiger partial charge in [0.25, 0.3) is 0 Å². The number of thioether (sulfide) groups is 1. The van der Waals surface area contributed by atoms with Crippen molar-refractivity contribution in [1.29, 1.82) is 0 Å². The fourth-order valence-corrected chi connectivity index (χ4v) is 2.73. The number of para-hydroxylation sites is 1. The van der Waals surface area contributed by atoms with Crippen LogP contribution in [0.25, 0.3) is 0 Å². The molecule has 2 heterocycles. The summed E-state index contributed by atoms with van der Waals surface area (Å²) in [6.07, 6.45) is 1.84. The molecule has 0 fully saturated rings. The molecule has 0 aliphatic carbocycles. The van der Waals surface area contributed by atoms with E-state index in [1.54, 1.807) is 11.8 Å². The van der Waals surface area contributed by atoms with E-state index in [0.717, 1.165) is 22.3 Å². The molecule has 2 aromatic rings. The first kappa shape index (κ1) is 9.73. The molecule has 80 valence electrons. The summed E-state index contributed by atoms with van der Waals surface area (Å²) < 4.78 is 5.83. The zero-order valence-electron chi connectivity index (χ0n) is 8.93. The van der Waals surface area contributed by atoms with Gasteiger partial charge < -0.3 is 4.74 Å². The predicted octanol–water partition coefficient (Wildman–Crippen LogP) is 3.79. The molecule has 0 unspecified atom stereocenters. The second-order valence-electron chi connectivity index (χ2n) is 3.81. The van der Waals surface area contributed by atoms with E-state index in [9.17, 15) is 0 Å². The standard InChI is InChI=1S/C13H11NOS/c1-9-6-12-13(14-7-9)15-11-5-3-2-4-10(11)8-16-12/h2-7H,8H2,1H3. The molecule has 3 rings (SSSR count). The molecule has 0 saturated carbocycles. The molecule has 0 N–H and O–H groups in total. The van der Waals surface area contributed by atoms with Gasteiger partial charge in [0.1, 0.15) is 5.75 Å². The van der Waals surface area contributed by atoms with Crippen molar-refractivity contribution < 1.29 is 4.74 Å². The van der Waals surface area contributed by atoms with Crippen molar-refractivity contribution in [1.82, 2.24) is 4.98 Å². The van der Waals surface area contributed by atoms with Gasteiger partial charge in [-0.05, 0) is 24.6 Å². The first-order valence-corrected chi connectivity index (χ1v) is 6.17. The SMILES string of the molecule is Cc1cnc2c(c1)SCc1ccccc1O2. The largest absolute Gasteiger partial charge is 0.438 e. The molecule has 1 aromatic carbocycles. The molecule has 0 saturated heterocycles. The summed E-state index contributed by atoms with van der Waals surface area (Å²) in [7, 11) is 0. The quantitative estimate of drug-likeness (QED) is 0.686. The monoisotopic (exact) mass is 229 g/mol. The normalized spacial score (nSPS) is 13.3. The molecule has 1 aliphatic heterocycles. The van der Waals surface area contributed by atoms with Crippen LogP contribution >= 0.6 is 11.8 Å². The van der Waals surface area contributed by atoms with Crippen LogP contribution in [0.2, 0.25) is 0 Å². The van der Waals surface area contributed by atoms with Crippen molar-refractivity contribution in [2.75, 3.05) is 0 Å². The number of hydrogen-bond donors (Lipinski definition) is 0. The summed E-state index contributed by atoms with van der Waals surface area (Å²) in [5.41, 5.74) is 2.39. The lowest BCUT2D eigenvalue weighted by atomic mass is 10.2. The van der Waals surface area contributed by atoms with E-state index in [1.165, 1.54) is 11.1 Å². The molecule has 0 spiro atoms. The first-order valence-electron chi connectivity index (χ1n) is 5.18. The van der Waals surface area contributed by atoms with Crippen LogP contribution in [0.5, 0.6) is 11.6 Å². The Morgan fingerprint density at radius 3 is 3.12 bits per heavy atom. The van der Waals surface area contributed by atoms with E-state index < -0.39 is 0 Å². The van der Waals surface area contributed by atoms with Gasteiger partial charge in [-0.1, -0.05) is 18.2 Å². The summed E-state index contributed by atoms with van der Waals surface area (Å²) in [5.74, 6) is 2.58. The van der Waals surface area contributed by atoms with Crippen molar-refractivity contribution in [2.24, 2.45) is 0 Å². The van der Waals surface area contributed by atoms with Crippen molar-refractivity contribution >= 4 is 11.8 Å². The zero-order valence-corrected chi connectivity index (χ0v) is 9.75. The lowest BCUT2D eigenvalue weighted by molar-refractivity contribution is 0.449. The van der Waals surface area contributed by atoms with E-state index in [4.69, 9.17) is 4.74 Å². The molecule has 0 amide bonds. The molecule has 0 bridgehead atoms. The van der Waals surface area contributed by atoms with Crippen LogP contribution in [0.1, 0.15) is 11.1 Å². The molecular weight excluding hydrogens is 218 g/mol. The number of benzene rings is 1. The molecule has 3 heteroatoms. The van der Waals surface area contributed by atoms with Crippen LogP contribution in [0.3, 0.4) is 0 Å². The Kier molecular flexibility index (Phi) is 2.33. The lowest BCUT2D eigenvalue weighted by Crippen LogP contribution is -1.90. The molecule has 1 aliphatic rings. The minimum Gasteiger partial charge on any atom is -0.438 e. The first-order chi connectivity index (χ1) is 7.83. The number of fused-ring (bicyclic) bond motifs is 2. The number of nitrogens with zero attached hydrogens (tertiary/aromatic N) is 1. The van der Waals surface area contributed by atoms with Crippen molar-refractivity contribution in [2.45, 2.75) is 17.6 Å². The highest BCUT2D eigenvalue weighted by Crippen LogP contribution is 2.39. The van der Waals surface area contributed by atoms with Gasteiger partial charge in [0.2, 0.25) is 5.88 Å². The molecule has 0 radical (unpaired) electrons. The van der Waals surface area contributed by atoms with E-state index in [0.29, 0.717) is 0 Å². The fraction of sp³-hybridized carbons (Fsp3) is 0.154. The van der Waals surface area contributed by atoms with E-state index in [2.05, 4.69) is 17.1 Å². The second kappa shape index (κ2) is 3.83. The molecule has 16 heavy (non-hydrogen) atoms. The van der Waals surface area contributed by atoms with E-state index in [-0.39, 0.29) is 0 Å². The lowest BCUT2D eigenvalue weighted by Gasteiger charge is -2.06. The maximum Gasteiger partial charge on any atom is 0.232 e. The van der Waals surface area contributed by atoms with Crippen LogP contribution < -0.4 is 4.74 Å². The molecule has 2 nitrogen and oxygen atoms in total. The smallest absolute Gasteiger partial charge is 0.232 e. The minimum atomic E-state index is 0.723. The van der Waals surface area contributed by atoms with Crippen LogP contribution in [0.15, 0.2) is 41.4 Å².